The van der Waals surface area contributed by atoms with Crippen molar-refractivity contribution in [3.8, 4) is 0 Å². The van der Waals surface area contributed by atoms with Gasteiger partial charge >= 0.3 is 6.09 Å². The number of likely N-dealkylation sites (tertiary alicyclic amines) is 1. The van der Waals surface area contributed by atoms with E-state index in [1.165, 1.54) is 18.3 Å². The van der Waals surface area contributed by atoms with E-state index in [4.69, 9.17) is 16.3 Å². The van der Waals surface area contributed by atoms with Crippen LogP contribution >= 0.6 is 22.9 Å². The van der Waals surface area contributed by atoms with Crippen LogP contribution in [0.2, 0.25) is 4.34 Å². The monoisotopic (exact) mass is 464 g/mol. The highest BCUT2D eigenvalue weighted by Gasteiger charge is 2.36. The molecule has 0 spiro atoms. The van der Waals surface area contributed by atoms with Crippen LogP contribution in [0.15, 0.2) is 36.1 Å². The van der Waals surface area contributed by atoms with Crippen molar-refractivity contribution in [1.82, 2.24) is 20.4 Å². The maximum absolute atomic E-state index is 12.5. The van der Waals surface area contributed by atoms with Crippen LogP contribution < -0.4 is 10.6 Å². The lowest BCUT2D eigenvalue weighted by Gasteiger charge is -2.34. The predicted molar refractivity (Wildman–Crippen MR) is 118 cm³/mol. The number of rotatable bonds is 6. The second-order valence-electron chi connectivity index (χ2n) is 7.84. The van der Waals surface area contributed by atoms with E-state index in [1.807, 2.05) is 18.2 Å². The Morgan fingerprint density at radius 2 is 2.06 bits per heavy atom. The van der Waals surface area contributed by atoms with Gasteiger partial charge in [-0.05, 0) is 50.2 Å². The normalized spacial score (nSPS) is 26.0. The van der Waals surface area contributed by atoms with E-state index in [0.717, 1.165) is 25.9 Å². The fourth-order valence-corrected chi connectivity index (χ4v) is 5.11. The Balaban J connectivity index is 1.39. The molecule has 166 valence electrons. The summed E-state index contributed by atoms with van der Waals surface area (Å²) in [4.78, 5) is 40.8. The molecule has 3 unspecified atom stereocenters. The quantitative estimate of drug-likeness (QED) is 0.674. The zero-order valence-electron chi connectivity index (χ0n) is 17.2. The SMILES string of the molecule is CC(=O)NC1C=C(N2CC(CNC(=O)c3ccc(Cl)s3)OC2=O)C=CC1N1CCCC1. The molecule has 2 saturated heterocycles. The molecule has 1 aromatic heterocycles. The number of cyclic esters (lactones) is 1. The third-order valence-electron chi connectivity index (χ3n) is 5.59. The van der Waals surface area contributed by atoms with Gasteiger partial charge in [-0.3, -0.25) is 19.4 Å². The van der Waals surface area contributed by atoms with Crippen molar-refractivity contribution < 1.29 is 19.1 Å². The molecule has 31 heavy (non-hydrogen) atoms. The molecular formula is C21H25ClN4O4S. The van der Waals surface area contributed by atoms with Crippen LogP contribution in [-0.4, -0.2) is 72.1 Å². The number of ether oxygens (including phenoxy) is 1. The number of amides is 3. The second-order valence-corrected chi connectivity index (χ2v) is 9.56. The van der Waals surface area contributed by atoms with E-state index >= 15 is 0 Å². The first-order valence-electron chi connectivity index (χ1n) is 10.3. The summed E-state index contributed by atoms with van der Waals surface area (Å²) in [5.74, 6) is -0.360. The molecule has 3 amide bonds. The molecule has 0 saturated carbocycles. The van der Waals surface area contributed by atoms with Gasteiger partial charge in [0.2, 0.25) is 5.91 Å². The Kier molecular flexibility index (Phi) is 6.64. The van der Waals surface area contributed by atoms with Crippen LogP contribution in [0.3, 0.4) is 0 Å². The van der Waals surface area contributed by atoms with Crippen LogP contribution in [0.4, 0.5) is 4.79 Å². The van der Waals surface area contributed by atoms with Crippen molar-refractivity contribution in [2.45, 2.75) is 38.0 Å². The van der Waals surface area contributed by atoms with Crippen LogP contribution in [0.1, 0.15) is 29.4 Å². The second kappa shape index (κ2) is 9.42. The maximum atomic E-state index is 12.5. The highest BCUT2D eigenvalue weighted by Crippen LogP contribution is 2.26. The van der Waals surface area contributed by atoms with Gasteiger partial charge in [0.1, 0.15) is 6.10 Å². The minimum atomic E-state index is -0.462. The zero-order valence-corrected chi connectivity index (χ0v) is 18.7. The van der Waals surface area contributed by atoms with E-state index in [2.05, 4.69) is 15.5 Å². The molecule has 2 aliphatic heterocycles. The van der Waals surface area contributed by atoms with Crippen LogP contribution in [0.5, 0.6) is 0 Å². The number of hydrogen-bond donors (Lipinski definition) is 2. The Morgan fingerprint density at radius 3 is 2.74 bits per heavy atom. The summed E-state index contributed by atoms with van der Waals surface area (Å²) < 4.78 is 5.98. The fraction of sp³-hybridized carbons (Fsp3) is 0.476. The van der Waals surface area contributed by atoms with Gasteiger partial charge in [0.25, 0.3) is 5.91 Å². The molecular weight excluding hydrogens is 440 g/mol. The number of carbonyl (C=O) groups is 3. The zero-order chi connectivity index (χ0) is 22.0. The lowest BCUT2D eigenvalue weighted by atomic mass is 9.99. The number of nitrogens with zero attached hydrogens (tertiary/aromatic N) is 2. The van der Waals surface area contributed by atoms with Crippen LogP contribution in [0.25, 0.3) is 0 Å². The molecule has 3 aliphatic rings. The van der Waals surface area contributed by atoms with Gasteiger partial charge in [-0.15, -0.1) is 11.3 Å². The molecule has 1 aromatic rings. The average molecular weight is 465 g/mol. The van der Waals surface area contributed by atoms with Crippen LogP contribution in [0, 0.1) is 0 Å². The number of hydrogen-bond acceptors (Lipinski definition) is 6. The van der Waals surface area contributed by atoms with E-state index in [-0.39, 0.29) is 30.4 Å². The molecule has 2 fully saturated rings. The average Bonchev–Trinajstić information content (AvgIpc) is 3.47. The summed E-state index contributed by atoms with van der Waals surface area (Å²) in [7, 11) is 0. The highest BCUT2D eigenvalue weighted by molar-refractivity contribution is 7.17. The standard InChI is InChI=1S/C21H25ClN4O4S/c1-13(27)24-16-10-14(4-5-17(16)25-8-2-3-9-25)26-12-15(30-21(26)29)11-23-20(28)18-6-7-19(22)31-18/h4-7,10,15-17H,2-3,8-9,11-12H2,1H3,(H,23,28)(H,24,27). The molecule has 1 aliphatic carbocycles. The Hall–Kier alpha value is -2.36. The number of carbonyl (C=O) groups excluding carboxylic acids is 3. The summed E-state index contributed by atoms with van der Waals surface area (Å²) >= 11 is 7.07. The van der Waals surface area contributed by atoms with E-state index in [9.17, 15) is 14.4 Å². The molecule has 0 bridgehead atoms. The first-order valence-corrected chi connectivity index (χ1v) is 11.5. The summed E-state index contributed by atoms with van der Waals surface area (Å²) in [6.45, 7) is 4.02. The number of allylic oxidation sites excluding steroid dienone is 1. The van der Waals surface area contributed by atoms with Gasteiger partial charge in [0.15, 0.2) is 0 Å². The van der Waals surface area contributed by atoms with Crippen molar-refractivity contribution in [2.75, 3.05) is 26.2 Å². The van der Waals surface area contributed by atoms with Crippen LogP contribution in [-0.2, 0) is 9.53 Å². The van der Waals surface area contributed by atoms with E-state index < -0.39 is 12.2 Å². The van der Waals surface area contributed by atoms with Crippen molar-refractivity contribution in [3.05, 3.63) is 45.3 Å². The molecule has 2 N–H and O–H groups in total. The molecule has 8 nitrogen and oxygen atoms in total. The molecule has 10 heteroatoms. The van der Waals surface area contributed by atoms with Gasteiger partial charge in [0, 0.05) is 12.6 Å². The lowest BCUT2D eigenvalue weighted by molar-refractivity contribution is -0.119. The van der Waals surface area contributed by atoms with Gasteiger partial charge in [-0.25, -0.2) is 4.79 Å². The number of nitrogens with one attached hydrogen (secondary N) is 2. The molecule has 3 atom stereocenters. The van der Waals surface area contributed by atoms with Crippen molar-refractivity contribution in [1.29, 1.82) is 0 Å². The molecule has 4 rings (SSSR count). The highest BCUT2D eigenvalue weighted by atomic mass is 35.5. The predicted octanol–water partition coefficient (Wildman–Crippen LogP) is 2.37. The maximum Gasteiger partial charge on any atom is 0.414 e. The Morgan fingerprint density at radius 1 is 1.29 bits per heavy atom. The molecule has 3 heterocycles. The van der Waals surface area contributed by atoms with Gasteiger partial charge in [0.05, 0.1) is 34.4 Å². The topological polar surface area (TPSA) is 91.0 Å². The summed E-state index contributed by atoms with van der Waals surface area (Å²) in [5, 5.41) is 5.78. The Bertz CT molecular complexity index is 924. The minimum Gasteiger partial charge on any atom is -0.442 e. The first-order chi connectivity index (χ1) is 14.9. The first kappa shape index (κ1) is 21.9. The summed E-state index contributed by atoms with van der Waals surface area (Å²) in [5.41, 5.74) is 0.693. The lowest BCUT2D eigenvalue weighted by Crippen LogP contribution is -2.50. The third-order valence-corrected chi connectivity index (χ3v) is 6.82. The fourth-order valence-electron chi connectivity index (χ4n) is 4.15. The van der Waals surface area contributed by atoms with Gasteiger partial charge < -0.3 is 15.4 Å². The largest absolute Gasteiger partial charge is 0.442 e. The number of thiophene rings is 1. The number of halogens is 1. The summed E-state index contributed by atoms with van der Waals surface area (Å²) in [6, 6.07) is 3.18. The van der Waals surface area contributed by atoms with E-state index in [0.29, 0.717) is 21.5 Å². The third kappa shape index (κ3) is 5.11. The van der Waals surface area contributed by atoms with Gasteiger partial charge in [-0.2, -0.15) is 0 Å². The Labute approximate surface area is 189 Å². The van der Waals surface area contributed by atoms with E-state index in [1.54, 1.807) is 17.0 Å². The van der Waals surface area contributed by atoms with Crippen molar-refractivity contribution in [3.63, 3.8) is 0 Å². The van der Waals surface area contributed by atoms with Crippen molar-refractivity contribution in [2.24, 2.45) is 0 Å². The molecule has 0 radical (unpaired) electrons. The molecule has 0 aromatic carbocycles. The summed E-state index contributed by atoms with van der Waals surface area (Å²) in [6.07, 6.45) is 7.25. The van der Waals surface area contributed by atoms with Gasteiger partial charge in [-0.1, -0.05) is 17.7 Å². The smallest absolute Gasteiger partial charge is 0.414 e. The minimum absolute atomic E-state index is 0.0708. The van der Waals surface area contributed by atoms with Crippen molar-refractivity contribution >= 4 is 40.8 Å².